The number of aromatic amines is 1. The minimum absolute atomic E-state index is 0.141. The number of H-pyrrole nitrogens is 1. The minimum Gasteiger partial charge on any atom is -0.497 e. The average Bonchev–Trinajstić information content (AvgIpc) is 3.19. The van der Waals surface area contributed by atoms with E-state index in [0.717, 1.165) is 32.1 Å². The number of methoxy groups -OCH3 is 1. The first-order valence-corrected chi connectivity index (χ1v) is 10.6. The molecule has 1 aromatic heterocycles. The monoisotopic (exact) mass is 455 g/mol. The molecule has 10 heteroatoms. The summed E-state index contributed by atoms with van der Waals surface area (Å²) in [6, 6.07) is 5.12. The summed E-state index contributed by atoms with van der Waals surface area (Å²) >= 11 is 0. The number of alkyl halides is 3. The minimum atomic E-state index is -4.54. The van der Waals surface area contributed by atoms with Gasteiger partial charge in [-0.25, -0.2) is 0 Å². The lowest BCUT2D eigenvalue weighted by Crippen LogP contribution is -2.46. The summed E-state index contributed by atoms with van der Waals surface area (Å²) in [6.07, 6.45) is 0.246. The van der Waals surface area contributed by atoms with E-state index in [1.807, 2.05) is 0 Å². The van der Waals surface area contributed by atoms with Crippen LogP contribution in [-0.4, -0.2) is 59.7 Å². The third kappa shape index (κ3) is 6.15. The van der Waals surface area contributed by atoms with Crippen LogP contribution in [0.3, 0.4) is 0 Å². The number of nitrogens with one attached hydrogen (secondary N) is 2. The molecule has 176 valence electrons. The van der Waals surface area contributed by atoms with E-state index < -0.39 is 37.2 Å². The summed E-state index contributed by atoms with van der Waals surface area (Å²) in [6.45, 7) is -1.80. The Balaban J connectivity index is 1.77. The van der Waals surface area contributed by atoms with Crippen LogP contribution in [0.4, 0.5) is 13.2 Å². The third-order valence-electron chi connectivity index (χ3n) is 5.78. The summed E-state index contributed by atoms with van der Waals surface area (Å²) in [5.41, 5.74) is 0.991. The van der Waals surface area contributed by atoms with Crippen LogP contribution in [0.5, 0.6) is 5.75 Å². The molecule has 1 unspecified atom stereocenters. The van der Waals surface area contributed by atoms with Gasteiger partial charge in [-0.3, -0.25) is 9.59 Å². The number of aliphatic hydroxyl groups is 1. The number of hydrogen-bond donors (Lipinski definition) is 3. The maximum atomic E-state index is 13.2. The standard InChI is InChI=1S/C22H28F3N3O4/c1-32-15-7-8-16-17(10-26-18(16)9-15)20(30)21(31)28(11-14-5-3-2-4-6-14)12-19(29)27-13-22(23,24)25/h7-10,14,20,26,30H,2-6,11-13H2,1H3,(H,27,29). The number of benzene rings is 1. The van der Waals surface area contributed by atoms with E-state index in [2.05, 4.69) is 4.98 Å². The highest BCUT2D eigenvalue weighted by molar-refractivity contribution is 5.93. The van der Waals surface area contributed by atoms with Gasteiger partial charge in [-0.1, -0.05) is 19.3 Å². The van der Waals surface area contributed by atoms with Crippen LogP contribution >= 0.6 is 0 Å². The van der Waals surface area contributed by atoms with Crippen LogP contribution in [0, 0.1) is 5.92 Å². The Labute approximate surface area is 183 Å². The van der Waals surface area contributed by atoms with Gasteiger partial charge in [-0.2, -0.15) is 13.2 Å². The normalized spacial score (nSPS) is 16.0. The van der Waals surface area contributed by atoms with Gasteiger partial charge in [0.15, 0.2) is 6.10 Å². The van der Waals surface area contributed by atoms with Crippen LogP contribution in [0.15, 0.2) is 24.4 Å². The van der Waals surface area contributed by atoms with Crippen molar-refractivity contribution in [2.45, 2.75) is 44.4 Å². The quantitative estimate of drug-likeness (QED) is 0.569. The first-order chi connectivity index (χ1) is 15.2. The Morgan fingerprint density at radius 1 is 1.28 bits per heavy atom. The van der Waals surface area contributed by atoms with Gasteiger partial charge < -0.3 is 25.0 Å². The fraction of sp³-hybridized carbons (Fsp3) is 0.545. The molecule has 1 atom stereocenters. The molecule has 32 heavy (non-hydrogen) atoms. The highest BCUT2D eigenvalue weighted by Gasteiger charge is 2.32. The number of rotatable bonds is 8. The molecule has 0 spiro atoms. The van der Waals surface area contributed by atoms with Crippen LogP contribution < -0.4 is 10.1 Å². The lowest BCUT2D eigenvalue weighted by molar-refractivity contribution is -0.147. The Kier molecular flexibility index (Phi) is 7.65. The van der Waals surface area contributed by atoms with Crippen molar-refractivity contribution in [2.24, 2.45) is 5.92 Å². The lowest BCUT2D eigenvalue weighted by atomic mass is 9.88. The number of halogens is 3. The van der Waals surface area contributed by atoms with Gasteiger partial charge in [-0.15, -0.1) is 0 Å². The Morgan fingerprint density at radius 3 is 2.66 bits per heavy atom. The van der Waals surface area contributed by atoms with Crippen molar-refractivity contribution in [1.82, 2.24) is 15.2 Å². The van der Waals surface area contributed by atoms with E-state index in [-0.39, 0.29) is 12.5 Å². The predicted octanol–water partition coefficient (Wildman–Crippen LogP) is 3.30. The highest BCUT2D eigenvalue weighted by Crippen LogP contribution is 2.30. The second kappa shape index (κ2) is 10.2. The maximum absolute atomic E-state index is 13.2. The summed E-state index contributed by atoms with van der Waals surface area (Å²) < 4.78 is 42.5. The molecule has 2 amide bonds. The number of carbonyl (C=O) groups is 2. The van der Waals surface area contributed by atoms with Gasteiger partial charge in [0.1, 0.15) is 12.3 Å². The fourth-order valence-electron chi connectivity index (χ4n) is 4.13. The van der Waals surface area contributed by atoms with E-state index in [1.165, 1.54) is 18.2 Å². The number of amides is 2. The van der Waals surface area contributed by atoms with Crippen molar-refractivity contribution >= 4 is 22.7 Å². The zero-order chi connectivity index (χ0) is 23.3. The molecule has 1 fully saturated rings. The SMILES string of the molecule is COc1ccc2c(C(O)C(=O)N(CC(=O)NCC(F)(F)F)CC3CCCCC3)c[nH]c2c1. The van der Waals surface area contributed by atoms with Gasteiger partial charge in [-0.05, 0) is 30.9 Å². The Hall–Kier alpha value is -2.75. The van der Waals surface area contributed by atoms with Crippen LogP contribution in [-0.2, 0) is 9.59 Å². The topological polar surface area (TPSA) is 94.7 Å². The average molecular weight is 455 g/mol. The van der Waals surface area contributed by atoms with Gasteiger partial charge in [0.25, 0.3) is 5.91 Å². The van der Waals surface area contributed by atoms with Crippen molar-refractivity contribution in [3.63, 3.8) is 0 Å². The maximum Gasteiger partial charge on any atom is 0.405 e. The molecule has 1 heterocycles. The highest BCUT2D eigenvalue weighted by atomic mass is 19.4. The summed E-state index contributed by atoms with van der Waals surface area (Å²) in [5.74, 6) is -0.883. The molecule has 3 N–H and O–H groups in total. The third-order valence-corrected chi connectivity index (χ3v) is 5.78. The number of nitrogens with zero attached hydrogens (tertiary/aromatic N) is 1. The molecular formula is C22H28F3N3O4. The van der Waals surface area contributed by atoms with Gasteiger partial charge in [0.05, 0.1) is 13.7 Å². The van der Waals surface area contributed by atoms with Crippen molar-refractivity contribution in [3.8, 4) is 5.75 Å². The number of fused-ring (bicyclic) bond motifs is 1. The van der Waals surface area contributed by atoms with E-state index >= 15 is 0 Å². The molecule has 3 rings (SSSR count). The van der Waals surface area contributed by atoms with Crippen LogP contribution in [0.2, 0.25) is 0 Å². The fourth-order valence-corrected chi connectivity index (χ4v) is 4.13. The molecule has 1 aliphatic rings. The number of carbonyl (C=O) groups excluding carboxylic acids is 2. The first kappa shape index (κ1) is 23.9. The number of hydrogen-bond acceptors (Lipinski definition) is 4. The van der Waals surface area contributed by atoms with Crippen molar-refractivity contribution in [3.05, 3.63) is 30.0 Å². The van der Waals surface area contributed by atoms with Crippen LogP contribution in [0.1, 0.15) is 43.8 Å². The first-order valence-electron chi connectivity index (χ1n) is 10.6. The second-order valence-electron chi connectivity index (χ2n) is 8.17. The Morgan fingerprint density at radius 2 is 2.00 bits per heavy atom. The number of ether oxygens (including phenoxy) is 1. The summed E-state index contributed by atoms with van der Waals surface area (Å²) in [5, 5.41) is 13.2. The Bertz CT molecular complexity index is 938. The zero-order valence-electron chi connectivity index (χ0n) is 17.9. The number of aliphatic hydroxyl groups excluding tert-OH is 1. The smallest absolute Gasteiger partial charge is 0.405 e. The largest absolute Gasteiger partial charge is 0.497 e. The molecule has 0 radical (unpaired) electrons. The molecule has 0 aliphatic heterocycles. The van der Waals surface area contributed by atoms with Crippen LogP contribution in [0.25, 0.3) is 10.9 Å². The van der Waals surface area contributed by atoms with Gasteiger partial charge >= 0.3 is 6.18 Å². The van der Waals surface area contributed by atoms with E-state index in [9.17, 15) is 27.9 Å². The van der Waals surface area contributed by atoms with E-state index in [0.29, 0.717) is 22.2 Å². The molecule has 1 saturated carbocycles. The predicted molar refractivity (Wildman–Crippen MR) is 112 cm³/mol. The number of aromatic nitrogens is 1. The lowest BCUT2D eigenvalue weighted by Gasteiger charge is -2.30. The molecule has 0 bridgehead atoms. The summed E-state index contributed by atoms with van der Waals surface area (Å²) in [7, 11) is 1.52. The van der Waals surface area contributed by atoms with Gasteiger partial charge in [0.2, 0.25) is 5.91 Å². The zero-order valence-corrected chi connectivity index (χ0v) is 17.9. The van der Waals surface area contributed by atoms with Crippen molar-refractivity contribution < 1.29 is 32.6 Å². The molecule has 1 aliphatic carbocycles. The molecule has 0 saturated heterocycles. The molecule has 7 nitrogen and oxygen atoms in total. The molecule has 1 aromatic carbocycles. The second-order valence-corrected chi connectivity index (χ2v) is 8.17. The van der Waals surface area contributed by atoms with E-state index in [4.69, 9.17) is 4.74 Å². The van der Waals surface area contributed by atoms with Crippen molar-refractivity contribution in [1.29, 1.82) is 0 Å². The summed E-state index contributed by atoms with van der Waals surface area (Å²) in [4.78, 5) is 29.4. The van der Waals surface area contributed by atoms with E-state index in [1.54, 1.807) is 23.5 Å². The van der Waals surface area contributed by atoms with Crippen molar-refractivity contribution in [2.75, 3.05) is 26.7 Å². The molecule has 2 aromatic rings. The molecular weight excluding hydrogens is 427 g/mol. The van der Waals surface area contributed by atoms with Gasteiger partial charge in [0, 0.05) is 35.3 Å².